The van der Waals surface area contributed by atoms with E-state index in [-0.39, 0.29) is 34.2 Å². The van der Waals surface area contributed by atoms with Crippen molar-refractivity contribution in [3.63, 3.8) is 0 Å². The van der Waals surface area contributed by atoms with Crippen LogP contribution in [0.4, 0.5) is 0 Å². The molecule has 0 bridgehead atoms. The van der Waals surface area contributed by atoms with Gasteiger partial charge in [0.05, 0.1) is 6.54 Å². The predicted molar refractivity (Wildman–Crippen MR) is 135 cm³/mol. The molecular weight excluding hydrogens is 440 g/mol. The molecule has 5 rings (SSSR count). The number of benzene rings is 1. The van der Waals surface area contributed by atoms with Gasteiger partial charge < -0.3 is 9.88 Å². The predicted octanol–water partition coefficient (Wildman–Crippen LogP) is 4.15. The normalized spacial score (nSPS) is 19.9. The standard InChI is InChI=1S/C27H36N6O2/c1-27(2,3)21-13-11-18(12-14-21)16-33-24-22(30-31-33)25(34)29-23(28-24)20-10-7-15-32(17-20)26(35)19-8-5-4-6-9-19/h11-14,19-20H,4-10,15-17H2,1-3H3,(H,28,29,34)/t20-/m0/s1. The van der Waals surface area contributed by atoms with E-state index in [1.165, 1.54) is 12.0 Å². The van der Waals surface area contributed by atoms with Crippen LogP contribution >= 0.6 is 0 Å². The molecule has 8 heteroatoms. The Kier molecular flexibility index (Phi) is 6.47. The van der Waals surface area contributed by atoms with Crippen molar-refractivity contribution in [1.29, 1.82) is 0 Å². The smallest absolute Gasteiger partial charge is 0.281 e. The number of hydrogen-bond donors (Lipinski definition) is 1. The Hall–Kier alpha value is -3.03. The molecule has 2 aliphatic rings. The average Bonchev–Trinajstić information content (AvgIpc) is 3.27. The molecule has 1 saturated heterocycles. The molecule has 1 aliphatic carbocycles. The summed E-state index contributed by atoms with van der Waals surface area (Å²) >= 11 is 0. The van der Waals surface area contributed by atoms with Crippen LogP contribution in [-0.4, -0.2) is 48.9 Å². The number of aromatic amines is 1. The number of nitrogens with zero attached hydrogens (tertiary/aromatic N) is 5. The zero-order chi connectivity index (χ0) is 24.6. The second-order valence-electron chi connectivity index (χ2n) is 11.3. The lowest BCUT2D eigenvalue weighted by molar-refractivity contribution is -0.137. The largest absolute Gasteiger partial charge is 0.342 e. The fourth-order valence-electron chi connectivity index (χ4n) is 5.47. The van der Waals surface area contributed by atoms with Gasteiger partial charge in [0.2, 0.25) is 5.91 Å². The van der Waals surface area contributed by atoms with Crippen LogP contribution in [0, 0.1) is 5.92 Å². The van der Waals surface area contributed by atoms with E-state index < -0.39 is 0 Å². The second-order valence-corrected chi connectivity index (χ2v) is 11.3. The van der Waals surface area contributed by atoms with Gasteiger partial charge in [0.15, 0.2) is 11.2 Å². The van der Waals surface area contributed by atoms with Crippen LogP contribution in [0.25, 0.3) is 11.2 Å². The summed E-state index contributed by atoms with van der Waals surface area (Å²) in [6, 6.07) is 8.47. The maximum absolute atomic E-state index is 13.1. The number of nitrogens with one attached hydrogen (secondary N) is 1. The number of fused-ring (bicyclic) bond motifs is 1. The summed E-state index contributed by atoms with van der Waals surface area (Å²) in [6.07, 6.45) is 7.36. The molecule has 0 radical (unpaired) electrons. The molecule has 1 amide bonds. The van der Waals surface area contributed by atoms with E-state index in [0.717, 1.165) is 50.6 Å². The number of amides is 1. The van der Waals surface area contributed by atoms with Crippen molar-refractivity contribution in [1.82, 2.24) is 29.9 Å². The summed E-state index contributed by atoms with van der Waals surface area (Å²) in [4.78, 5) is 35.7. The molecule has 0 unspecified atom stereocenters. The summed E-state index contributed by atoms with van der Waals surface area (Å²) in [6.45, 7) is 8.48. The first-order valence-electron chi connectivity index (χ1n) is 13.0. The summed E-state index contributed by atoms with van der Waals surface area (Å²) < 4.78 is 1.70. The van der Waals surface area contributed by atoms with Crippen LogP contribution in [0.3, 0.4) is 0 Å². The molecule has 3 aromatic rings. The lowest BCUT2D eigenvalue weighted by Crippen LogP contribution is -2.43. The third kappa shape index (κ3) is 5.02. The fourth-order valence-corrected chi connectivity index (χ4v) is 5.47. The van der Waals surface area contributed by atoms with Crippen molar-refractivity contribution in [2.75, 3.05) is 13.1 Å². The van der Waals surface area contributed by atoms with Crippen molar-refractivity contribution >= 4 is 17.1 Å². The van der Waals surface area contributed by atoms with E-state index >= 15 is 0 Å². The van der Waals surface area contributed by atoms with Gasteiger partial charge in [0.1, 0.15) is 5.82 Å². The van der Waals surface area contributed by atoms with Gasteiger partial charge in [-0.25, -0.2) is 9.67 Å². The number of H-pyrrole nitrogens is 1. The molecule has 0 spiro atoms. The van der Waals surface area contributed by atoms with Crippen molar-refractivity contribution in [2.24, 2.45) is 5.92 Å². The number of rotatable bonds is 4. The lowest BCUT2D eigenvalue weighted by Gasteiger charge is -2.35. The van der Waals surface area contributed by atoms with Gasteiger partial charge in [-0.05, 0) is 42.2 Å². The minimum atomic E-state index is -0.268. The van der Waals surface area contributed by atoms with E-state index in [2.05, 4.69) is 60.3 Å². The fraction of sp³-hybridized carbons (Fsp3) is 0.593. The summed E-state index contributed by atoms with van der Waals surface area (Å²) in [7, 11) is 0. The molecule has 1 atom stereocenters. The molecule has 8 nitrogen and oxygen atoms in total. The number of piperidine rings is 1. The quantitative estimate of drug-likeness (QED) is 0.610. The van der Waals surface area contributed by atoms with Gasteiger partial charge in [0, 0.05) is 24.9 Å². The third-order valence-electron chi connectivity index (χ3n) is 7.62. The van der Waals surface area contributed by atoms with E-state index in [4.69, 9.17) is 4.98 Å². The van der Waals surface area contributed by atoms with Gasteiger partial charge in [-0.3, -0.25) is 9.59 Å². The number of aromatic nitrogens is 5. The Bertz CT molecular complexity index is 1250. The van der Waals surface area contributed by atoms with Gasteiger partial charge in [-0.2, -0.15) is 0 Å². The highest BCUT2D eigenvalue weighted by Gasteiger charge is 2.31. The number of likely N-dealkylation sites (tertiary alicyclic amines) is 1. The zero-order valence-corrected chi connectivity index (χ0v) is 21.1. The Morgan fingerprint density at radius 1 is 1.06 bits per heavy atom. The molecule has 2 aromatic heterocycles. The van der Waals surface area contributed by atoms with Crippen molar-refractivity contribution in [3.05, 3.63) is 51.6 Å². The SMILES string of the molecule is CC(C)(C)c1ccc(Cn2nnc3c(=O)[nH]c([C@H]4CCCN(C(=O)C5CCCCC5)C4)nc32)cc1. The third-order valence-corrected chi connectivity index (χ3v) is 7.62. The molecule has 1 N–H and O–H groups in total. The molecule has 1 aromatic carbocycles. The van der Waals surface area contributed by atoms with E-state index in [0.29, 0.717) is 24.6 Å². The highest BCUT2D eigenvalue weighted by atomic mass is 16.2. The van der Waals surface area contributed by atoms with Crippen LogP contribution < -0.4 is 5.56 Å². The maximum Gasteiger partial charge on any atom is 0.281 e. The van der Waals surface area contributed by atoms with Crippen molar-refractivity contribution in [3.8, 4) is 0 Å². The van der Waals surface area contributed by atoms with Crippen molar-refractivity contribution < 1.29 is 4.79 Å². The number of hydrogen-bond acceptors (Lipinski definition) is 5. The highest BCUT2D eigenvalue weighted by Crippen LogP contribution is 2.30. The van der Waals surface area contributed by atoms with Crippen molar-refractivity contribution in [2.45, 2.75) is 83.6 Å². The van der Waals surface area contributed by atoms with Gasteiger partial charge >= 0.3 is 0 Å². The number of carbonyl (C=O) groups excluding carboxylic acids is 1. The molecule has 35 heavy (non-hydrogen) atoms. The molecule has 1 aliphatic heterocycles. The minimum absolute atomic E-state index is 0.0165. The first-order chi connectivity index (χ1) is 16.8. The summed E-state index contributed by atoms with van der Waals surface area (Å²) in [5.41, 5.74) is 2.93. The second kappa shape index (κ2) is 9.55. The Morgan fingerprint density at radius 2 is 1.80 bits per heavy atom. The molecule has 186 valence electrons. The van der Waals surface area contributed by atoms with Crippen LogP contribution in [0.15, 0.2) is 29.1 Å². The lowest BCUT2D eigenvalue weighted by atomic mass is 9.87. The van der Waals surface area contributed by atoms with Crippen LogP contribution in [-0.2, 0) is 16.8 Å². The maximum atomic E-state index is 13.1. The monoisotopic (exact) mass is 476 g/mol. The molecule has 2 fully saturated rings. The highest BCUT2D eigenvalue weighted by molar-refractivity contribution is 5.79. The van der Waals surface area contributed by atoms with Crippen LogP contribution in [0.5, 0.6) is 0 Å². The zero-order valence-electron chi connectivity index (χ0n) is 21.1. The summed E-state index contributed by atoms with van der Waals surface area (Å²) in [5, 5.41) is 8.34. The topological polar surface area (TPSA) is 96.8 Å². The first-order valence-corrected chi connectivity index (χ1v) is 13.0. The Labute approximate surface area is 206 Å². The number of carbonyl (C=O) groups is 1. The Morgan fingerprint density at radius 3 is 2.51 bits per heavy atom. The Balaban J connectivity index is 1.37. The van der Waals surface area contributed by atoms with Crippen LogP contribution in [0.1, 0.15) is 88.6 Å². The van der Waals surface area contributed by atoms with Gasteiger partial charge in [-0.15, -0.1) is 5.10 Å². The van der Waals surface area contributed by atoms with Crippen LogP contribution in [0.2, 0.25) is 0 Å². The summed E-state index contributed by atoms with van der Waals surface area (Å²) in [5.74, 6) is 1.09. The molecule has 3 heterocycles. The van der Waals surface area contributed by atoms with Gasteiger partial charge in [0.25, 0.3) is 5.56 Å². The first kappa shape index (κ1) is 23.7. The molecular formula is C27H36N6O2. The van der Waals surface area contributed by atoms with Gasteiger partial charge in [-0.1, -0.05) is 69.5 Å². The van der Waals surface area contributed by atoms with E-state index in [1.54, 1.807) is 4.68 Å². The molecule has 1 saturated carbocycles. The average molecular weight is 477 g/mol. The van der Waals surface area contributed by atoms with E-state index in [1.807, 2.05) is 4.90 Å². The van der Waals surface area contributed by atoms with E-state index in [9.17, 15) is 9.59 Å². The minimum Gasteiger partial charge on any atom is -0.342 e.